The second-order valence-electron chi connectivity index (χ2n) is 4.62. The quantitative estimate of drug-likeness (QED) is 0.775. The molecule has 0 aliphatic carbocycles. The summed E-state index contributed by atoms with van der Waals surface area (Å²) in [7, 11) is 0. The number of para-hydroxylation sites is 1. The zero-order valence-electron chi connectivity index (χ0n) is 11.5. The molecule has 1 amide bonds. The van der Waals surface area contributed by atoms with Gasteiger partial charge in [-0.2, -0.15) is 4.98 Å². The summed E-state index contributed by atoms with van der Waals surface area (Å²) in [6.45, 7) is 3.77. The lowest BCUT2D eigenvalue weighted by Gasteiger charge is -2.04. The smallest absolute Gasteiger partial charge is 0.295 e. The Kier molecular flexibility index (Phi) is 3.42. The summed E-state index contributed by atoms with van der Waals surface area (Å²) < 4.78 is 2.36. The molecule has 0 atom stereocenters. The third-order valence-corrected chi connectivity index (χ3v) is 3.63. The first-order valence-corrected chi connectivity index (χ1v) is 7.11. The number of nitrogens with one attached hydrogen (secondary N) is 1. The zero-order valence-corrected chi connectivity index (χ0v) is 13.0. The summed E-state index contributed by atoms with van der Waals surface area (Å²) >= 11 is 3.38. The highest BCUT2D eigenvalue weighted by Gasteiger charge is 2.15. The van der Waals surface area contributed by atoms with Crippen LogP contribution in [0, 0.1) is 13.8 Å². The molecular weight excluding hydrogens is 334 g/mol. The van der Waals surface area contributed by atoms with Gasteiger partial charge in [-0.3, -0.25) is 4.79 Å². The molecule has 0 bridgehead atoms. The first-order chi connectivity index (χ1) is 10.0. The molecule has 106 valence electrons. The van der Waals surface area contributed by atoms with Crippen LogP contribution < -0.4 is 5.32 Å². The second-order valence-corrected chi connectivity index (χ2v) is 5.47. The summed E-state index contributed by atoms with van der Waals surface area (Å²) in [4.78, 5) is 20.7. The SMILES string of the molecule is Cc1cc(C)n2nc(C(=O)Nc3ccccc3Br)nc2n1. The fourth-order valence-corrected chi connectivity index (χ4v) is 2.39. The predicted octanol–water partition coefficient (Wildman–Crippen LogP) is 2.76. The van der Waals surface area contributed by atoms with Gasteiger partial charge in [0.15, 0.2) is 0 Å². The predicted molar refractivity (Wildman–Crippen MR) is 82.4 cm³/mol. The van der Waals surface area contributed by atoms with Gasteiger partial charge < -0.3 is 5.32 Å². The van der Waals surface area contributed by atoms with Crippen molar-refractivity contribution in [3.05, 3.63) is 52.0 Å². The standard InChI is InChI=1S/C14H12BrN5O/c1-8-7-9(2)20-14(16-8)18-12(19-20)13(21)17-11-6-4-3-5-10(11)15/h3-7H,1-2H3,(H,17,21). The van der Waals surface area contributed by atoms with Gasteiger partial charge >= 0.3 is 0 Å². The normalized spacial score (nSPS) is 10.8. The van der Waals surface area contributed by atoms with E-state index in [2.05, 4.69) is 36.3 Å². The van der Waals surface area contributed by atoms with Gasteiger partial charge in [0.25, 0.3) is 11.7 Å². The van der Waals surface area contributed by atoms with E-state index in [0.29, 0.717) is 11.5 Å². The van der Waals surface area contributed by atoms with Crippen LogP contribution in [0.5, 0.6) is 0 Å². The highest BCUT2D eigenvalue weighted by molar-refractivity contribution is 9.10. The summed E-state index contributed by atoms with van der Waals surface area (Å²) in [5, 5.41) is 6.96. The van der Waals surface area contributed by atoms with Crippen molar-refractivity contribution in [1.82, 2.24) is 19.6 Å². The van der Waals surface area contributed by atoms with E-state index in [1.165, 1.54) is 0 Å². The van der Waals surface area contributed by atoms with Gasteiger partial charge in [0, 0.05) is 15.9 Å². The Morgan fingerprint density at radius 3 is 2.76 bits per heavy atom. The highest BCUT2D eigenvalue weighted by Crippen LogP contribution is 2.21. The Balaban J connectivity index is 1.95. The Labute approximate surface area is 129 Å². The molecule has 0 fully saturated rings. The van der Waals surface area contributed by atoms with Crippen molar-refractivity contribution >= 4 is 33.3 Å². The molecule has 0 unspecified atom stereocenters. The molecule has 0 saturated carbocycles. The second kappa shape index (κ2) is 5.25. The van der Waals surface area contributed by atoms with Crippen molar-refractivity contribution in [3.63, 3.8) is 0 Å². The molecule has 0 radical (unpaired) electrons. The summed E-state index contributed by atoms with van der Waals surface area (Å²) in [5.74, 6) is 0.140. The lowest BCUT2D eigenvalue weighted by molar-refractivity contribution is 0.101. The first kappa shape index (κ1) is 13.7. The molecule has 2 heterocycles. The summed E-state index contributed by atoms with van der Waals surface area (Å²) in [6, 6.07) is 9.25. The van der Waals surface area contributed by atoms with Crippen LogP contribution in [0.3, 0.4) is 0 Å². The van der Waals surface area contributed by atoms with Gasteiger partial charge in [0.2, 0.25) is 5.82 Å². The summed E-state index contributed by atoms with van der Waals surface area (Å²) in [6.07, 6.45) is 0. The average molecular weight is 346 g/mol. The Morgan fingerprint density at radius 1 is 1.24 bits per heavy atom. The van der Waals surface area contributed by atoms with E-state index in [0.717, 1.165) is 15.9 Å². The van der Waals surface area contributed by atoms with Crippen molar-refractivity contribution in [2.75, 3.05) is 5.32 Å². The molecule has 6 nitrogen and oxygen atoms in total. The van der Waals surface area contributed by atoms with Gasteiger partial charge in [-0.1, -0.05) is 12.1 Å². The molecule has 2 aromatic heterocycles. The molecule has 7 heteroatoms. The lowest BCUT2D eigenvalue weighted by Crippen LogP contribution is -2.14. The number of amides is 1. The van der Waals surface area contributed by atoms with Crippen molar-refractivity contribution in [3.8, 4) is 0 Å². The first-order valence-electron chi connectivity index (χ1n) is 6.31. The summed E-state index contributed by atoms with van der Waals surface area (Å²) in [5.41, 5.74) is 2.39. The number of carbonyl (C=O) groups excluding carboxylic acids is 1. The van der Waals surface area contributed by atoms with E-state index in [9.17, 15) is 4.79 Å². The van der Waals surface area contributed by atoms with Crippen LogP contribution in [0.1, 0.15) is 22.0 Å². The van der Waals surface area contributed by atoms with Gasteiger partial charge in [-0.25, -0.2) is 9.50 Å². The number of aromatic nitrogens is 4. The number of fused-ring (bicyclic) bond motifs is 1. The average Bonchev–Trinajstić information content (AvgIpc) is 2.85. The number of aryl methyl sites for hydroxylation is 2. The number of carbonyl (C=O) groups is 1. The lowest BCUT2D eigenvalue weighted by atomic mass is 10.3. The Hall–Kier alpha value is -2.28. The van der Waals surface area contributed by atoms with Crippen LogP contribution in [0.25, 0.3) is 5.78 Å². The van der Waals surface area contributed by atoms with Gasteiger partial charge in [-0.15, -0.1) is 5.10 Å². The minimum Gasteiger partial charge on any atom is -0.318 e. The fourth-order valence-electron chi connectivity index (χ4n) is 2.00. The maximum absolute atomic E-state index is 12.2. The fraction of sp³-hybridized carbons (Fsp3) is 0.143. The molecule has 1 N–H and O–H groups in total. The zero-order chi connectivity index (χ0) is 15.0. The largest absolute Gasteiger partial charge is 0.318 e. The van der Waals surface area contributed by atoms with Crippen LogP contribution in [-0.2, 0) is 0 Å². The van der Waals surface area contributed by atoms with Gasteiger partial charge in [0.1, 0.15) is 0 Å². The molecule has 0 saturated heterocycles. The monoisotopic (exact) mass is 345 g/mol. The molecule has 0 aliphatic heterocycles. The number of halogens is 1. The number of hydrogen-bond acceptors (Lipinski definition) is 4. The minimum absolute atomic E-state index is 0.0898. The molecule has 21 heavy (non-hydrogen) atoms. The third kappa shape index (κ3) is 2.64. The highest BCUT2D eigenvalue weighted by atomic mass is 79.9. The Morgan fingerprint density at radius 2 is 2.00 bits per heavy atom. The van der Waals surface area contributed by atoms with E-state index >= 15 is 0 Å². The van der Waals surface area contributed by atoms with E-state index in [1.807, 2.05) is 38.1 Å². The minimum atomic E-state index is -0.371. The van der Waals surface area contributed by atoms with E-state index < -0.39 is 0 Å². The van der Waals surface area contributed by atoms with E-state index in [-0.39, 0.29) is 11.7 Å². The number of benzene rings is 1. The third-order valence-electron chi connectivity index (χ3n) is 2.94. The maximum Gasteiger partial charge on any atom is 0.295 e. The number of rotatable bonds is 2. The van der Waals surface area contributed by atoms with Crippen LogP contribution in [-0.4, -0.2) is 25.5 Å². The molecule has 3 aromatic rings. The van der Waals surface area contributed by atoms with Crippen molar-refractivity contribution < 1.29 is 4.79 Å². The van der Waals surface area contributed by atoms with E-state index in [1.54, 1.807) is 10.6 Å². The van der Waals surface area contributed by atoms with E-state index in [4.69, 9.17) is 0 Å². The molecule has 1 aromatic carbocycles. The van der Waals surface area contributed by atoms with Gasteiger partial charge in [0.05, 0.1) is 5.69 Å². The number of hydrogen-bond donors (Lipinski definition) is 1. The van der Waals surface area contributed by atoms with Crippen molar-refractivity contribution in [2.24, 2.45) is 0 Å². The molecule has 0 aliphatic rings. The van der Waals surface area contributed by atoms with Crippen LogP contribution >= 0.6 is 15.9 Å². The van der Waals surface area contributed by atoms with Gasteiger partial charge in [-0.05, 0) is 48.0 Å². The van der Waals surface area contributed by atoms with Crippen molar-refractivity contribution in [2.45, 2.75) is 13.8 Å². The molecule has 0 spiro atoms. The molecule has 3 rings (SSSR count). The van der Waals surface area contributed by atoms with Crippen LogP contribution in [0.2, 0.25) is 0 Å². The van der Waals surface area contributed by atoms with Crippen molar-refractivity contribution in [1.29, 1.82) is 0 Å². The Bertz CT molecular complexity index is 842. The number of nitrogens with zero attached hydrogens (tertiary/aromatic N) is 4. The van der Waals surface area contributed by atoms with Crippen LogP contribution in [0.4, 0.5) is 5.69 Å². The topological polar surface area (TPSA) is 72.2 Å². The molecular formula is C14H12BrN5O. The van der Waals surface area contributed by atoms with Crippen LogP contribution in [0.15, 0.2) is 34.8 Å². The number of anilines is 1. The maximum atomic E-state index is 12.2.